The highest BCUT2D eigenvalue weighted by atomic mass is 14.6. The minimum Gasteiger partial charge on any atom is -0.328 e. The van der Waals surface area contributed by atoms with Gasteiger partial charge in [0.15, 0.2) is 0 Å². The molecule has 0 aliphatic rings. The molecule has 0 aliphatic heterocycles. The molecule has 0 aromatic rings. The lowest BCUT2D eigenvalue weighted by molar-refractivity contribution is 0.367. The van der Waals surface area contributed by atoms with Crippen molar-refractivity contribution in [3.63, 3.8) is 0 Å². The summed E-state index contributed by atoms with van der Waals surface area (Å²) in [6.07, 6.45) is 9.41. The largest absolute Gasteiger partial charge is 0.328 e. The highest BCUT2D eigenvalue weighted by Crippen LogP contribution is 2.18. The van der Waals surface area contributed by atoms with Crippen molar-refractivity contribution < 1.29 is 0 Å². The lowest BCUT2D eigenvalue weighted by Crippen LogP contribution is -2.26. The van der Waals surface area contributed by atoms with Gasteiger partial charge in [-0.25, -0.2) is 0 Å². The van der Waals surface area contributed by atoms with Crippen molar-refractivity contribution in [2.45, 2.75) is 71.8 Å². The third-order valence-electron chi connectivity index (χ3n) is 2.83. The van der Waals surface area contributed by atoms with Crippen LogP contribution in [0.25, 0.3) is 0 Å². The molecule has 0 amide bonds. The van der Waals surface area contributed by atoms with Gasteiger partial charge in [0.25, 0.3) is 0 Å². The molecule has 0 heterocycles. The summed E-state index contributed by atoms with van der Waals surface area (Å²) in [7, 11) is 0. The Morgan fingerprint density at radius 2 is 1.62 bits per heavy atom. The molecule has 0 aromatic carbocycles. The van der Waals surface area contributed by atoms with E-state index in [0.717, 1.165) is 5.92 Å². The molecule has 2 N–H and O–H groups in total. The van der Waals surface area contributed by atoms with Crippen LogP contribution in [0.15, 0.2) is 0 Å². The van der Waals surface area contributed by atoms with Gasteiger partial charge >= 0.3 is 0 Å². The quantitative estimate of drug-likeness (QED) is 0.573. The average molecular weight is 185 g/mol. The van der Waals surface area contributed by atoms with Crippen molar-refractivity contribution in [2.24, 2.45) is 11.7 Å². The molecule has 0 fully saturated rings. The lowest BCUT2D eigenvalue weighted by atomic mass is 9.91. The highest BCUT2D eigenvalue weighted by molar-refractivity contribution is 4.68. The summed E-state index contributed by atoms with van der Waals surface area (Å²) in [6.45, 7) is 6.66. The molecule has 0 aromatic heterocycles. The Balaban J connectivity index is 3.45. The molecule has 2 unspecified atom stereocenters. The molecule has 80 valence electrons. The third-order valence-corrected chi connectivity index (χ3v) is 2.83. The fraction of sp³-hybridized carbons (Fsp3) is 1.00. The Morgan fingerprint density at radius 1 is 0.923 bits per heavy atom. The van der Waals surface area contributed by atoms with Gasteiger partial charge in [-0.15, -0.1) is 0 Å². The number of hydrogen-bond donors (Lipinski definition) is 1. The van der Waals surface area contributed by atoms with E-state index in [1.54, 1.807) is 0 Å². The smallest absolute Gasteiger partial charge is 0.00387 e. The molecular weight excluding hydrogens is 158 g/mol. The fourth-order valence-corrected chi connectivity index (χ4v) is 1.87. The Kier molecular flexibility index (Phi) is 8.53. The van der Waals surface area contributed by atoms with Crippen LogP contribution in [-0.4, -0.2) is 6.04 Å². The molecule has 0 spiro atoms. The number of nitrogens with two attached hydrogens (primary N) is 1. The molecule has 0 bridgehead atoms. The van der Waals surface area contributed by atoms with Crippen LogP contribution in [0.2, 0.25) is 0 Å². The molecule has 0 aliphatic carbocycles. The van der Waals surface area contributed by atoms with Crippen LogP contribution in [0, 0.1) is 5.92 Å². The predicted molar refractivity (Wildman–Crippen MR) is 60.8 cm³/mol. The molecule has 0 saturated carbocycles. The van der Waals surface area contributed by atoms with Gasteiger partial charge in [0.2, 0.25) is 0 Å². The van der Waals surface area contributed by atoms with Gasteiger partial charge < -0.3 is 5.73 Å². The summed E-state index contributed by atoms with van der Waals surface area (Å²) in [4.78, 5) is 0. The van der Waals surface area contributed by atoms with E-state index in [1.807, 2.05) is 0 Å². The maximum Gasteiger partial charge on any atom is 0.00387 e. The number of rotatable bonds is 8. The fourth-order valence-electron chi connectivity index (χ4n) is 1.87. The normalized spacial score (nSPS) is 15.7. The van der Waals surface area contributed by atoms with Gasteiger partial charge in [0.05, 0.1) is 0 Å². The summed E-state index contributed by atoms with van der Waals surface area (Å²) < 4.78 is 0. The summed E-state index contributed by atoms with van der Waals surface area (Å²) in [6, 6.07) is 0.390. The van der Waals surface area contributed by atoms with Crippen LogP contribution in [0.5, 0.6) is 0 Å². The van der Waals surface area contributed by atoms with Crippen molar-refractivity contribution in [2.75, 3.05) is 0 Å². The van der Waals surface area contributed by atoms with Crippen molar-refractivity contribution >= 4 is 0 Å². The van der Waals surface area contributed by atoms with Crippen LogP contribution in [0.4, 0.5) is 0 Å². The van der Waals surface area contributed by atoms with E-state index in [0.29, 0.717) is 6.04 Å². The third kappa shape index (κ3) is 7.06. The summed E-state index contributed by atoms with van der Waals surface area (Å²) >= 11 is 0. The van der Waals surface area contributed by atoms with Gasteiger partial charge in [0.1, 0.15) is 0 Å². The average Bonchev–Trinajstić information content (AvgIpc) is 2.10. The van der Waals surface area contributed by atoms with E-state index in [4.69, 9.17) is 5.73 Å². The molecule has 0 saturated heterocycles. The van der Waals surface area contributed by atoms with E-state index in [2.05, 4.69) is 20.8 Å². The topological polar surface area (TPSA) is 26.0 Å². The van der Waals surface area contributed by atoms with Crippen molar-refractivity contribution in [3.8, 4) is 0 Å². The number of unbranched alkanes of at least 4 members (excludes halogenated alkanes) is 3. The monoisotopic (exact) mass is 185 g/mol. The standard InChI is InChI=1S/C12H27N/c1-4-6-7-8-10-12(9-5-2)11(3)13/h11-12H,4-10,13H2,1-3H3. The van der Waals surface area contributed by atoms with Crippen LogP contribution < -0.4 is 5.73 Å². The first-order chi connectivity index (χ1) is 6.22. The first-order valence-electron chi connectivity index (χ1n) is 5.97. The minimum atomic E-state index is 0.390. The number of hydrogen-bond acceptors (Lipinski definition) is 1. The molecule has 0 rings (SSSR count). The van der Waals surface area contributed by atoms with E-state index < -0.39 is 0 Å². The van der Waals surface area contributed by atoms with Gasteiger partial charge in [-0.1, -0.05) is 46.0 Å². The predicted octanol–water partition coefficient (Wildman–Crippen LogP) is 3.72. The van der Waals surface area contributed by atoms with E-state index in [9.17, 15) is 0 Å². The SMILES string of the molecule is CCCCCCC(CCC)C(C)N. The summed E-state index contributed by atoms with van der Waals surface area (Å²) in [5, 5.41) is 0. The van der Waals surface area contributed by atoms with E-state index >= 15 is 0 Å². The first-order valence-corrected chi connectivity index (χ1v) is 5.97. The van der Waals surface area contributed by atoms with Gasteiger partial charge in [-0.05, 0) is 25.7 Å². The second-order valence-electron chi connectivity index (χ2n) is 4.26. The van der Waals surface area contributed by atoms with Crippen LogP contribution in [-0.2, 0) is 0 Å². The zero-order chi connectivity index (χ0) is 10.1. The van der Waals surface area contributed by atoms with Crippen molar-refractivity contribution in [1.82, 2.24) is 0 Å². The van der Waals surface area contributed by atoms with E-state index in [-0.39, 0.29) is 0 Å². The molecule has 1 heteroatoms. The second kappa shape index (κ2) is 8.55. The van der Waals surface area contributed by atoms with Crippen molar-refractivity contribution in [1.29, 1.82) is 0 Å². The maximum absolute atomic E-state index is 5.94. The Morgan fingerprint density at radius 3 is 2.08 bits per heavy atom. The zero-order valence-corrected chi connectivity index (χ0v) is 9.68. The Hall–Kier alpha value is -0.0400. The van der Waals surface area contributed by atoms with Gasteiger partial charge in [-0.2, -0.15) is 0 Å². The van der Waals surface area contributed by atoms with Gasteiger partial charge in [-0.3, -0.25) is 0 Å². The van der Waals surface area contributed by atoms with E-state index in [1.165, 1.54) is 44.9 Å². The molecule has 2 atom stereocenters. The Bertz CT molecular complexity index is 99.3. The van der Waals surface area contributed by atoms with Crippen LogP contribution in [0.3, 0.4) is 0 Å². The molecular formula is C12H27N. The first kappa shape index (κ1) is 13.0. The maximum atomic E-state index is 5.94. The summed E-state index contributed by atoms with van der Waals surface area (Å²) in [5.74, 6) is 0.766. The lowest BCUT2D eigenvalue weighted by Gasteiger charge is -2.19. The van der Waals surface area contributed by atoms with Crippen LogP contribution >= 0.6 is 0 Å². The van der Waals surface area contributed by atoms with Gasteiger partial charge in [0, 0.05) is 6.04 Å². The minimum absolute atomic E-state index is 0.390. The van der Waals surface area contributed by atoms with Crippen molar-refractivity contribution in [3.05, 3.63) is 0 Å². The zero-order valence-electron chi connectivity index (χ0n) is 9.68. The molecule has 13 heavy (non-hydrogen) atoms. The van der Waals surface area contributed by atoms with Crippen LogP contribution in [0.1, 0.15) is 65.7 Å². The Labute approximate surface area is 84.1 Å². The summed E-state index contributed by atoms with van der Waals surface area (Å²) in [5.41, 5.74) is 5.94. The second-order valence-corrected chi connectivity index (χ2v) is 4.26. The molecule has 1 nitrogen and oxygen atoms in total. The highest BCUT2D eigenvalue weighted by Gasteiger charge is 2.11. The molecule has 0 radical (unpaired) electrons.